The summed E-state index contributed by atoms with van der Waals surface area (Å²) in [5, 5.41) is 3.26. The van der Waals surface area contributed by atoms with Crippen molar-refractivity contribution in [1.29, 1.82) is 0 Å². The van der Waals surface area contributed by atoms with Crippen LogP contribution in [0.2, 0.25) is 10.0 Å². The third kappa shape index (κ3) is 4.68. The number of hydrogen-bond donors (Lipinski definition) is 2. The van der Waals surface area contributed by atoms with E-state index in [2.05, 4.69) is 10.0 Å². The van der Waals surface area contributed by atoms with Crippen LogP contribution in [0.1, 0.15) is 6.92 Å². The number of anilines is 1. The Bertz CT molecular complexity index is 811. The zero-order chi connectivity index (χ0) is 17.0. The molecule has 0 aliphatic rings. The molecule has 2 N–H and O–H groups in total. The van der Waals surface area contributed by atoms with Crippen molar-refractivity contribution in [2.75, 3.05) is 5.32 Å². The second kappa shape index (κ2) is 7.31. The predicted molar refractivity (Wildman–Crippen MR) is 91.3 cm³/mol. The van der Waals surface area contributed by atoms with Gasteiger partial charge in [0.2, 0.25) is 15.9 Å². The van der Waals surface area contributed by atoms with Crippen LogP contribution in [0.3, 0.4) is 0 Å². The molecule has 2 aromatic rings. The molecule has 8 heteroatoms. The SMILES string of the molecule is CC(NS(=O)(=O)c1ccccc1)C(=O)Nc1ccc(Cl)cc1Cl. The third-order valence-electron chi connectivity index (χ3n) is 2.97. The molecule has 5 nitrogen and oxygen atoms in total. The minimum atomic E-state index is -3.78. The second-order valence-corrected chi connectivity index (χ2v) is 7.33. The van der Waals surface area contributed by atoms with Crippen LogP contribution in [-0.2, 0) is 14.8 Å². The number of hydrogen-bond acceptors (Lipinski definition) is 3. The molecule has 0 aliphatic heterocycles. The maximum atomic E-state index is 12.2. The van der Waals surface area contributed by atoms with Crippen LogP contribution in [-0.4, -0.2) is 20.4 Å². The number of carbonyl (C=O) groups is 1. The largest absolute Gasteiger partial charge is 0.323 e. The van der Waals surface area contributed by atoms with Gasteiger partial charge < -0.3 is 5.32 Å². The molecule has 1 amide bonds. The molecule has 0 saturated heterocycles. The number of nitrogens with one attached hydrogen (secondary N) is 2. The van der Waals surface area contributed by atoms with Gasteiger partial charge in [-0.15, -0.1) is 0 Å². The lowest BCUT2D eigenvalue weighted by Crippen LogP contribution is -2.41. The lowest BCUT2D eigenvalue weighted by Gasteiger charge is -2.15. The van der Waals surface area contributed by atoms with Crippen LogP contribution < -0.4 is 10.0 Å². The van der Waals surface area contributed by atoms with E-state index in [0.29, 0.717) is 10.7 Å². The van der Waals surface area contributed by atoms with E-state index in [9.17, 15) is 13.2 Å². The Kier molecular flexibility index (Phi) is 5.64. The topological polar surface area (TPSA) is 75.3 Å². The highest BCUT2D eigenvalue weighted by Gasteiger charge is 2.22. The summed E-state index contributed by atoms with van der Waals surface area (Å²) in [6.45, 7) is 1.44. The summed E-state index contributed by atoms with van der Waals surface area (Å²) >= 11 is 11.8. The molecule has 0 bridgehead atoms. The van der Waals surface area contributed by atoms with Gasteiger partial charge in [0.05, 0.1) is 21.6 Å². The lowest BCUT2D eigenvalue weighted by molar-refractivity contribution is -0.117. The smallest absolute Gasteiger partial charge is 0.242 e. The van der Waals surface area contributed by atoms with E-state index in [-0.39, 0.29) is 9.92 Å². The summed E-state index contributed by atoms with van der Waals surface area (Å²) in [7, 11) is -3.78. The molecule has 0 aliphatic carbocycles. The Morgan fingerprint density at radius 2 is 1.74 bits per heavy atom. The van der Waals surface area contributed by atoms with Gasteiger partial charge in [0.1, 0.15) is 0 Å². The molecule has 0 radical (unpaired) electrons. The van der Waals surface area contributed by atoms with E-state index < -0.39 is 22.0 Å². The van der Waals surface area contributed by atoms with Crippen molar-refractivity contribution in [3.8, 4) is 0 Å². The van der Waals surface area contributed by atoms with Gasteiger partial charge in [-0.3, -0.25) is 4.79 Å². The quantitative estimate of drug-likeness (QED) is 0.845. The van der Waals surface area contributed by atoms with E-state index in [0.717, 1.165) is 0 Å². The highest BCUT2D eigenvalue weighted by Crippen LogP contribution is 2.25. The van der Waals surface area contributed by atoms with Gasteiger partial charge >= 0.3 is 0 Å². The van der Waals surface area contributed by atoms with Crippen LogP contribution in [0, 0.1) is 0 Å². The molecule has 0 saturated carbocycles. The van der Waals surface area contributed by atoms with Crippen molar-refractivity contribution in [2.24, 2.45) is 0 Å². The van der Waals surface area contributed by atoms with E-state index in [1.165, 1.54) is 25.1 Å². The van der Waals surface area contributed by atoms with Crippen molar-refractivity contribution in [2.45, 2.75) is 17.9 Å². The normalized spacial score (nSPS) is 12.7. The molecule has 0 heterocycles. The van der Waals surface area contributed by atoms with Crippen LogP contribution >= 0.6 is 23.2 Å². The summed E-state index contributed by atoms with van der Waals surface area (Å²) in [6.07, 6.45) is 0. The molecular formula is C15H14Cl2N2O3S. The third-order valence-corrected chi connectivity index (χ3v) is 5.07. The Morgan fingerprint density at radius 3 is 2.35 bits per heavy atom. The van der Waals surface area contributed by atoms with E-state index in [1.807, 2.05) is 0 Å². The summed E-state index contributed by atoms with van der Waals surface area (Å²) in [6, 6.07) is 11.4. The fraction of sp³-hybridized carbons (Fsp3) is 0.133. The minimum absolute atomic E-state index is 0.0872. The molecule has 122 valence electrons. The Balaban J connectivity index is 2.08. The average molecular weight is 373 g/mol. The summed E-state index contributed by atoms with van der Waals surface area (Å²) in [5.41, 5.74) is 0.354. The maximum Gasteiger partial charge on any atom is 0.242 e. The van der Waals surface area contributed by atoms with Crippen molar-refractivity contribution >= 4 is 44.8 Å². The summed E-state index contributed by atoms with van der Waals surface area (Å²) in [5.74, 6) is -0.534. The van der Waals surface area contributed by atoms with Crippen LogP contribution in [0.5, 0.6) is 0 Å². The minimum Gasteiger partial charge on any atom is -0.323 e. The fourth-order valence-corrected chi connectivity index (χ4v) is 3.47. The molecular weight excluding hydrogens is 359 g/mol. The fourth-order valence-electron chi connectivity index (χ4n) is 1.79. The van der Waals surface area contributed by atoms with Crippen LogP contribution in [0.15, 0.2) is 53.4 Å². The van der Waals surface area contributed by atoms with Gasteiger partial charge in [0.25, 0.3) is 0 Å². The Morgan fingerprint density at radius 1 is 1.09 bits per heavy atom. The molecule has 23 heavy (non-hydrogen) atoms. The van der Waals surface area contributed by atoms with E-state index >= 15 is 0 Å². The summed E-state index contributed by atoms with van der Waals surface area (Å²) < 4.78 is 26.7. The van der Waals surface area contributed by atoms with Gasteiger partial charge in [-0.2, -0.15) is 4.72 Å². The first kappa shape index (κ1) is 17.7. The van der Waals surface area contributed by atoms with Crippen molar-refractivity contribution in [1.82, 2.24) is 4.72 Å². The standard InChI is InChI=1S/C15H14Cl2N2O3S/c1-10(19-23(21,22)12-5-3-2-4-6-12)15(20)18-14-8-7-11(16)9-13(14)17/h2-10,19H,1H3,(H,18,20). The van der Waals surface area contributed by atoms with Gasteiger partial charge in [-0.1, -0.05) is 41.4 Å². The van der Waals surface area contributed by atoms with Crippen molar-refractivity contribution in [3.63, 3.8) is 0 Å². The molecule has 0 fully saturated rings. The monoisotopic (exact) mass is 372 g/mol. The van der Waals surface area contributed by atoms with E-state index in [4.69, 9.17) is 23.2 Å². The number of halogens is 2. The van der Waals surface area contributed by atoms with E-state index in [1.54, 1.807) is 30.3 Å². The number of rotatable bonds is 5. The number of benzene rings is 2. The van der Waals surface area contributed by atoms with Gasteiger partial charge in [-0.05, 0) is 37.3 Å². The highest BCUT2D eigenvalue weighted by molar-refractivity contribution is 7.89. The maximum absolute atomic E-state index is 12.2. The first-order valence-corrected chi connectivity index (χ1v) is 8.87. The first-order chi connectivity index (χ1) is 10.8. The average Bonchev–Trinajstić information content (AvgIpc) is 2.50. The van der Waals surface area contributed by atoms with Crippen molar-refractivity contribution < 1.29 is 13.2 Å². The molecule has 2 aromatic carbocycles. The second-order valence-electron chi connectivity index (χ2n) is 4.77. The Labute approximate surface area is 144 Å². The molecule has 1 unspecified atom stereocenters. The zero-order valence-corrected chi connectivity index (χ0v) is 14.4. The number of sulfonamides is 1. The predicted octanol–water partition coefficient (Wildman–Crippen LogP) is 3.30. The van der Waals surface area contributed by atoms with Crippen LogP contribution in [0.4, 0.5) is 5.69 Å². The van der Waals surface area contributed by atoms with Crippen LogP contribution in [0.25, 0.3) is 0 Å². The lowest BCUT2D eigenvalue weighted by atomic mass is 10.3. The summed E-state index contributed by atoms with van der Waals surface area (Å²) in [4.78, 5) is 12.2. The van der Waals surface area contributed by atoms with Gasteiger partial charge in [0, 0.05) is 5.02 Å². The molecule has 0 aromatic heterocycles. The van der Waals surface area contributed by atoms with Crippen molar-refractivity contribution in [3.05, 3.63) is 58.6 Å². The molecule has 2 rings (SSSR count). The molecule has 0 spiro atoms. The van der Waals surface area contributed by atoms with Gasteiger partial charge in [0.15, 0.2) is 0 Å². The van der Waals surface area contributed by atoms with Gasteiger partial charge in [-0.25, -0.2) is 8.42 Å². The molecule has 1 atom stereocenters. The highest BCUT2D eigenvalue weighted by atomic mass is 35.5. The zero-order valence-electron chi connectivity index (χ0n) is 12.1. The number of amides is 1. The Hall–Kier alpha value is -1.60. The first-order valence-electron chi connectivity index (χ1n) is 6.63. The number of carbonyl (C=O) groups excluding carboxylic acids is 1.